The lowest BCUT2D eigenvalue weighted by Gasteiger charge is -2.14. The molecular formula is C12H21NO3. The summed E-state index contributed by atoms with van der Waals surface area (Å²) < 4.78 is 5.08. The second-order valence-electron chi connectivity index (χ2n) is 4.57. The molecule has 4 heteroatoms. The highest BCUT2D eigenvalue weighted by molar-refractivity contribution is 5.85. The van der Waals surface area contributed by atoms with Crippen molar-refractivity contribution in [3.63, 3.8) is 0 Å². The van der Waals surface area contributed by atoms with Crippen LogP contribution in [0.3, 0.4) is 0 Å². The van der Waals surface area contributed by atoms with E-state index in [1.807, 2.05) is 0 Å². The SMILES string of the molecule is COCCC1(CNC/C=C(/C)C(=O)O)CC1. The van der Waals surface area contributed by atoms with Crippen LogP contribution in [0.4, 0.5) is 0 Å². The van der Waals surface area contributed by atoms with Gasteiger partial charge in [-0.1, -0.05) is 6.08 Å². The van der Waals surface area contributed by atoms with Gasteiger partial charge in [0.25, 0.3) is 0 Å². The highest BCUT2D eigenvalue weighted by Gasteiger charge is 2.41. The number of ether oxygens (including phenoxy) is 1. The van der Waals surface area contributed by atoms with Gasteiger partial charge in [-0.05, 0) is 31.6 Å². The first-order valence-corrected chi connectivity index (χ1v) is 5.69. The lowest BCUT2D eigenvalue weighted by atomic mass is 10.0. The first-order chi connectivity index (χ1) is 7.59. The summed E-state index contributed by atoms with van der Waals surface area (Å²) in [5.74, 6) is -0.845. The molecule has 4 nitrogen and oxygen atoms in total. The van der Waals surface area contributed by atoms with Crippen molar-refractivity contribution in [1.82, 2.24) is 5.32 Å². The van der Waals surface area contributed by atoms with E-state index in [0.717, 1.165) is 19.6 Å². The van der Waals surface area contributed by atoms with E-state index >= 15 is 0 Å². The van der Waals surface area contributed by atoms with Gasteiger partial charge in [0, 0.05) is 32.4 Å². The van der Waals surface area contributed by atoms with E-state index in [-0.39, 0.29) is 0 Å². The predicted molar refractivity (Wildman–Crippen MR) is 62.4 cm³/mol. The van der Waals surface area contributed by atoms with E-state index < -0.39 is 5.97 Å². The highest BCUT2D eigenvalue weighted by atomic mass is 16.5. The summed E-state index contributed by atoms with van der Waals surface area (Å²) >= 11 is 0. The van der Waals surface area contributed by atoms with Crippen molar-refractivity contribution in [1.29, 1.82) is 0 Å². The van der Waals surface area contributed by atoms with Crippen LogP contribution in [0.15, 0.2) is 11.6 Å². The molecule has 0 aliphatic heterocycles. The number of aliphatic carboxylic acids is 1. The summed E-state index contributed by atoms with van der Waals surface area (Å²) in [6, 6.07) is 0. The van der Waals surface area contributed by atoms with E-state index in [1.54, 1.807) is 20.1 Å². The minimum Gasteiger partial charge on any atom is -0.478 e. The van der Waals surface area contributed by atoms with Gasteiger partial charge in [0.15, 0.2) is 0 Å². The van der Waals surface area contributed by atoms with Crippen LogP contribution in [-0.4, -0.2) is 37.9 Å². The molecule has 0 atom stereocenters. The van der Waals surface area contributed by atoms with Gasteiger partial charge in [0.2, 0.25) is 0 Å². The fraction of sp³-hybridized carbons (Fsp3) is 0.750. The summed E-state index contributed by atoms with van der Waals surface area (Å²) in [5, 5.41) is 11.9. The summed E-state index contributed by atoms with van der Waals surface area (Å²) in [6.45, 7) is 4.01. The van der Waals surface area contributed by atoms with Gasteiger partial charge < -0.3 is 15.2 Å². The zero-order valence-electron chi connectivity index (χ0n) is 10.1. The third kappa shape index (κ3) is 4.33. The van der Waals surface area contributed by atoms with Gasteiger partial charge in [0.05, 0.1) is 0 Å². The molecule has 92 valence electrons. The minimum absolute atomic E-state index is 0.397. The van der Waals surface area contributed by atoms with Gasteiger partial charge in [-0.25, -0.2) is 4.79 Å². The topological polar surface area (TPSA) is 58.6 Å². The Hall–Kier alpha value is -0.870. The molecule has 0 unspecified atom stereocenters. The van der Waals surface area contributed by atoms with Crippen molar-refractivity contribution < 1.29 is 14.6 Å². The van der Waals surface area contributed by atoms with E-state index in [4.69, 9.17) is 9.84 Å². The van der Waals surface area contributed by atoms with Crippen molar-refractivity contribution >= 4 is 5.97 Å². The zero-order valence-corrected chi connectivity index (χ0v) is 10.1. The number of hydrogen-bond acceptors (Lipinski definition) is 3. The molecule has 2 N–H and O–H groups in total. The molecule has 16 heavy (non-hydrogen) atoms. The Kier molecular flexibility index (Phi) is 4.96. The first kappa shape index (κ1) is 13.2. The maximum absolute atomic E-state index is 10.5. The number of carboxylic acid groups (broad SMARTS) is 1. The zero-order chi connectivity index (χ0) is 12.0. The molecule has 1 saturated carbocycles. The van der Waals surface area contributed by atoms with Crippen molar-refractivity contribution in [2.45, 2.75) is 26.2 Å². The Morgan fingerprint density at radius 3 is 2.75 bits per heavy atom. The van der Waals surface area contributed by atoms with Gasteiger partial charge in [-0.15, -0.1) is 0 Å². The number of hydrogen-bond donors (Lipinski definition) is 2. The van der Waals surface area contributed by atoms with E-state index in [2.05, 4.69) is 5.32 Å². The summed E-state index contributed by atoms with van der Waals surface area (Å²) in [7, 11) is 1.72. The Bertz CT molecular complexity index is 269. The normalized spacial score (nSPS) is 18.5. The molecule has 1 aliphatic carbocycles. The average molecular weight is 227 g/mol. The molecule has 1 fully saturated rings. The van der Waals surface area contributed by atoms with Crippen LogP contribution in [-0.2, 0) is 9.53 Å². The smallest absolute Gasteiger partial charge is 0.330 e. The van der Waals surface area contributed by atoms with E-state index in [1.165, 1.54) is 12.8 Å². The molecule has 0 aromatic carbocycles. The van der Waals surface area contributed by atoms with Crippen LogP contribution in [0.2, 0.25) is 0 Å². The Morgan fingerprint density at radius 1 is 1.56 bits per heavy atom. The average Bonchev–Trinajstić information content (AvgIpc) is 3.02. The minimum atomic E-state index is -0.845. The summed E-state index contributed by atoms with van der Waals surface area (Å²) in [6.07, 6.45) is 5.32. The van der Waals surface area contributed by atoms with Gasteiger partial charge >= 0.3 is 5.97 Å². The standard InChI is InChI=1S/C12H21NO3/c1-10(11(14)15)3-7-13-9-12(4-5-12)6-8-16-2/h3,13H,4-9H2,1-2H3,(H,14,15)/b10-3-. The maximum Gasteiger partial charge on any atom is 0.330 e. The summed E-state index contributed by atoms with van der Waals surface area (Å²) in [5.41, 5.74) is 0.815. The molecule has 0 amide bonds. The van der Waals surface area contributed by atoms with Crippen LogP contribution in [0.25, 0.3) is 0 Å². The lowest BCUT2D eigenvalue weighted by Crippen LogP contribution is -2.25. The van der Waals surface area contributed by atoms with E-state index in [9.17, 15) is 4.79 Å². The molecular weight excluding hydrogens is 206 g/mol. The van der Waals surface area contributed by atoms with Gasteiger partial charge in [-0.2, -0.15) is 0 Å². The molecule has 0 saturated heterocycles. The quantitative estimate of drug-likeness (QED) is 0.486. The van der Waals surface area contributed by atoms with Crippen LogP contribution in [0.5, 0.6) is 0 Å². The summed E-state index contributed by atoms with van der Waals surface area (Å²) in [4.78, 5) is 10.5. The number of carbonyl (C=O) groups is 1. The molecule has 1 aliphatic rings. The fourth-order valence-electron chi connectivity index (χ4n) is 1.66. The third-order valence-corrected chi connectivity index (χ3v) is 3.18. The van der Waals surface area contributed by atoms with E-state index in [0.29, 0.717) is 17.5 Å². The number of nitrogens with one attached hydrogen (secondary N) is 1. The first-order valence-electron chi connectivity index (χ1n) is 5.69. The Balaban J connectivity index is 2.16. The number of carboxylic acids is 1. The maximum atomic E-state index is 10.5. The lowest BCUT2D eigenvalue weighted by molar-refractivity contribution is -0.132. The molecule has 0 aromatic heterocycles. The predicted octanol–water partition coefficient (Wildman–Crippen LogP) is 1.42. The van der Waals surface area contributed by atoms with Crippen LogP contribution < -0.4 is 5.32 Å². The molecule has 0 bridgehead atoms. The van der Waals surface area contributed by atoms with Crippen LogP contribution in [0.1, 0.15) is 26.2 Å². The fourth-order valence-corrected chi connectivity index (χ4v) is 1.66. The van der Waals surface area contributed by atoms with Crippen LogP contribution >= 0.6 is 0 Å². The molecule has 0 spiro atoms. The molecule has 0 radical (unpaired) electrons. The Morgan fingerprint density at radius 2 is 2.25 bits per heavy atom. The van der Waals surface area contributed by atoms with Crippen molar-refractivity contribution in [2.75, 3.05) is 26.8 Å². The number of rotatable bonds is 8. The van der Waals surface area contributed by atoms with Gasteiger partial charge in [0.1, 0.15) is 0 Å². The molecule has 0 aromatic rings. The van der Waals surface area contributed by atoms with Crippen LogP contribution in [0, 0.1) is 5.41 Å². The van der Waals surface area contributed by atoms with Crippen molar-refractivity contribution in [3.05, 3.63) is 11.6 Å². The monoisotopic (exact) mass is 227 g/mol. The second kappa shape index (κ2) is 6.01. The van der Waals surface area contributed by atoms with Crippen molar-refractivity contribution in [2.24, 2.45) is 5.41 Å². The Labute approximate surface area is 96.7 Å². The second-order valence-corrected chi connectivity index (χ2v) is 4.57. The molecule has 0 heterocycles. The van der Waals surface area contributed by atoms with Gasteiger partial charge in [-0.3, -0.25) is 0 Å². The highest BCUT2D eigenvalue weighted by Crippen LogP contribution is 2.48. The van der Waals surface area contributed by atoms with Crippen molar-refractivity contribution in [3.8, 4) is 0 Å². The number of methoxy groups -OCH3 is 1. The molecule has 1 rings (SSSR count). The third-order valence-electron chi connectivity index (χ3n) is 3.18. The largest absolute Gasteiger partial charge is 0.478 e.